The van der Waals surface area contributed by atoms with Gasteiger partial charge in [0, 0.05) is 69.6 Å². The molecule has 242 valence electrons. The van der Waals surface area contributed by atoms with Gasteiger partial charge in [0.15, 0.2) is 0 Å². The van der Waals surface area contributed by atoms with Crippen molar-refractivity contribution < 1.29 is 40.6 Å². The van der Waals surface area contributed by atoms with Gasteiger partial charge in [0.1, 0.15) is 0 Å². The Bertz CT molecular complexity index is 1150. The predicted octanol–water partition coefficient (Wildman–Crippen LogP) is 5.94. The number of methoxy groups -OCH3 is 1. The summed E-state index contributed by atoms with van der Waals surface area (Å²) in [5, 5.41) is 0.521. The fraction of sp³-hybridized carbons (Fsp3) is 0.536. The molecular weight excluding hydrogens is 647 g/mol. The largest absolute Gasteiger partial charge is 0.416 e. The molecule has 0 spiro atoms. The fourth-order valence-electron chi connectivity index (χ4n) is 5.25. The number of ether oxygens (including phenoxy) is 2. The maximum Gasteiger partial charge on any atom is 0.416 e. The number of amides is 1. The van der Waals surface area contributed by atoms with E-state index in [-0.39, 0.29) is 43.5 Å². The second kappa shape index (κ2) is 16.0. The van der Waals surface area contributed by atoms with Crippen molar-refractivity contribution in [3.8, 4) is 0 Å². The van der Waals surface area contributed by atoms with Crippen LogP contribution < -0.4 is 0 Å². The van der Waals surface area contributed by atoms with Crippen LogP contribution in [0.5, 0.6) is 0 Å². The van der Waals surface area contributed by atoms with Crippen LogP contribution >= 0.6 is 36.4 Å². The molecule has 2 heterocycles. The zero-order chi connectivity index (χ0) is 29.8. The first-order chi connectivity index (χ1) is 19.3. The smallest absolute Gasteiger partial charge is 0.382 e. The Balaban J connectivity index is 0.00000323. The molecule has 2 aliphatic heterocycles. The zero-order valence-corrected chi connectivity index (χ0v) is 25.7. The van der Waals surface area contributed by atoms with Crippen molar-refractivity contribution in [3.63, 3.8) is 0 Å². The minimum absolute atomic E-state index is 0. The van der Waals surface area contributed by atoms with Crippen LogP contribution in [0.15, 0.2) is 42.5 Å². The minimum Gasteiger partial charge on any atom is -0.382 e. The Morgan fingerprint density at radius 2 is 1.49 bits per heavy atom. The second-order valence-electron chi connectivity index (χ2n) is 10.3. The van der Waals surface area contributed by atoms with Gasteiger partial charge in [-0.1, -0.05) is 23.7 Å². The molecule has 0 aromatic heterocycles. The maximum atomic E-state index is 13.5. The molecule has 0 N–H and O–H groups in total. The Kier molecular flexibility index (Phi) is 13.9. The van der Waals surface area contributed by atoms with Crippen molar-refractivity contribution in [2.45, 2.75) is 30.9 Å². The van der Waals surface area contributed by atoms with Crippen molar-refractivity contribution in [2.24, 2.45) is 0 Å². The molecule has 0 unspecified atom stereocenters. The molecule has 6 nitrogen and oxygen atoms in total. The zero-order valence-electron chi connectivity index (χ0n) is 23.3. The lowest BCUT2D eigenvalue weighted by Crippen LogP contribution is -2.57. The van der Waals surface area contributed by atoms with Gasteiger partial charge in [-0.2, -0.15) is 26.3 Å². The van der Waals surface area contributed by atoms with Gasteiger partial charge in [0.2, 0.25) is 0 Å². The summed E-state index contributed by atoms with van der Waals surface area (Å²) in [6, 6.07) is 7.52. The predicted molar refractivity (Wildman–Crippen MR) is 155 cm³/mol. The lowest BCUT2D eigenvalue weighted by molar-refractivity contribution is -0.143. The molecule has 1 amide bonds. The summed E-state index contributed by atoms with van der Waals surface area (Å²) in [7, 11) is 1.62. The third-order valence-electron chi connectivity index (χ3n) is 7.35. The molecular formula is C28H34Cl3F6N3O3. The van der Waals surface area contributed by atoms with E-state index in [9.17, 15) is 31.1 Å². The van der Waals surface area contributed by atoms with E-state index in [1.807, 2.05) is 0 Å². The Hall–Kier alpha value is -1.80. The van der Waals surface area contributed by atoms with Crippen LogP contribution in [0, 0.1) is 0 Å². The summed E-state index contributed by atoms with van der Waals surface area (Å²) >= 11 is 6.01. The van der Waals surface area contributed by atoms with Gasteiger partial charge in [0.25, 0.3) is 5.91 Å². The van der Waals surface area contributed by atoms with Crippen LogP contribution in [-0.2, 0) is 28.2 Å². The quantitative estimate of drug-likeness (QED) is 0.324. The van der Waals surface area contributed by atoms with Crippen molar-refractivity contribution >= 4 is 42.3 Å². The number of rotatable bonds is 8. The highest BCUT2D eigenvalue weighted by molar-refractivity contribution is 6.30. The topological polar surface area (TPSA) is 45.2 Å². The normalized spacial score (nSPS) is 20.3. The van der Waals surface area contributed by atoms with Gasteiger partial charge in [-0.3, -0.25) is 14.6 Å². The van der Waals surface area contributed by atoms with Gasteiger partial charge in [-0.05, 0) is 42.3 Å². The highest BCUT2D eigenvalue weighted by atomic mass is 35.5. The van der Waals surface area contributed by atoms with E-state index in [2.05, 4.69) is 9.80 Å². The van der Waals surface area contributed by atoms with E-state index in [0.29, 0.717) is 56.4 Å². The summed E-state index contributed by atoms with van der Waals surface area (Å²) < 4.78 is 91.7. The standard InChI is InChI=1S/C28H32ClF6N3O3.2ClH/c1-40-18-25-17-37(10-11-41-25)7-6-36-8-9-38(24(16-36)12-19-2-4-23(29)5-3-19)26(39)20-13-21(27(30,31)32)15-22(14-20)28(33,34)35;;/h2-5,13-15,24-25H,6-12,16-18H2,1H3;2*1H/t24-,25+;;/m1../s1. The number of morpholine rings is 1. The maximum absolute atomic E-state index is 13.5. The summed E-state index contributed by atoms with van der Waals surface area (Å²) in [6.07, 6.45) is -9.74. The number of carbonyl (C=O) groups is 1. The third-order valence-corrected chi connectivity index (χ3v) is 7.61. The molecule has 2 atom stereocenters. The Morgan fingerprint density at radius 3 is 2.05 bits per heavy atom. The van der Waals surface area contributed by atoms with Gasteiger partial charge >= 0.3 is 12.4 Å². The van der Waals surface area contributed by atoms with Crippen molar-refractivity contribution in [1.82, 2.24) is 14.7 Å². The Labute approximate surface area is 264 Å². The van der Waals surface area contributed by atoms with Crippen LogP contribution in [0.3, 0.4) is 0 Å². The highest BCUT2D eigenvalue weighted by Gasteiger charge is 2.39. The van der Waals surface area contributed by atoms with E-state index in [0.717, 1.165) is 25.2 Å². The van der Waals surface area contributed by atoms with E-state index in [1.165, 1.54) is 4.90 Å². The molecule has 15 heteroatoms. The summed E-state index contributed by atoms with van der Waals surface area (Å²) in [4.78, 5) is 19.4. The lowest BCUT2D eigenvalue weighted by atomic mass is 9.99. The van der Waals surface area contributed by atoms with E-state index >= 15 is 0 Å². The first-order valence-electron chi connectivity index (χ1n) is 13.2. The summed E-state index contributed by atoms with van der Waals surface area (Å²) in [6.45, 7) is 4.99. The first-order valence-corrected chi connectivity index (χ1v) is 13.6. The average molecular weight is 681 g/mol. The molecule has 4 rings (SSSR count). The van der Waals surface area contributed by atoms with Gasteiger partial charge in [-0.25, -0.2) is 0 Å². The van der Waals surface area contributed by atoms with E-state index < -0.39 is 41.0 Å². The molecule has 0 bridgehead atoms. The minimum atomic E-state index is -5.04. The number of halogens is 9. The van der Waals surface area contributed by atoms with Crippen LogP contribution in [0.1, 0.15) is 27.0 Å². The molecule has 43 heavy (non-hydrogen) atoms. The number of carbonyl (C=O) groups excluding carboxylic acids is 1. The molecule has 2 fully saturated rings. The highest BCUT2D eigenvalue weighted by Crippen LogP contribution is 2.37. The SMILES string of the molecule is COC[C@@H]1CN(CCN2CCN(C(=O)c3cc(C(F)(F)F)cc(C(F)(F)F)c3)[C@H](Cc3ccc(Cl)cc3)C2)CCO1.Cl.Cl. The van der Waals surface area contributed by atoms with Crippen LogP contribution in [0.25, 0.3) is 0 Å². The van der Waals surface area contributed by atoms with Gasteiger partial charge in [-0.15, -0.1) is 24.8 Å². The molecule has 0 radical (unpaired) electrons. The number of benzene rings is 2. The second-order valence-corrected chi connectivity index (χ2v) is 10.8. The van der Waals surface area contributed by atoms with Crippen LogP contribution in [0.2, 0.25) is 5.02 Å². The molecule has 2 saturated heterocycles. The number of hydrogen-bond acceptors (Lipinski definition) is 5. The first kappa shape index (κ1) is 37.4. The number of hydrogen-bond donors (Lipinski definition) is 0. The van der Waals surface area contributed by atoms with Crippen molar-refractivity contribution in [1.29, 1.82) is 0 Å². The fourth-order valence-corrected chi connectivity index (χ4v) is 5.38. The molecule has 2 aliphatic rings. The summed E-state index contributed by atoms with van der Waals surface area (Å²) in [5.41, 5.74) is -2.82. The van der Waals surface area contributed by atoms with Gasteiger partial charge in [0.05, 0.1) is 30.4 Å². The van der Waals surface area contributed by atoms with E-state index in [1.54, 1.807) is 31.4 Å². The molecule has 0 saturated carbocycles. The van der Waals surface area contributed by atoms with Crippen LogP contribution in [0.4, 0.5) is 26.3 Å². The molecule has 2 aromatic rings. The number of alkyl halides is 6. The molecule has 0 aliphatic carbocycles. The van der Waals surface area contributed by atoms with Crippen LogP contribution in [-0.4, -0.2) is 98.9 Å². The number of piperazine rings is 1. The Morgan fingerprint density at radius 1 is 0.907 bits per heavy atom. The summed E-state index contributed by atoms with van der Waals surface area (Å²) in [5.74, 6) is -0.865. The average Bonchev–Trinajstić information content (AvgIpc) is 2.92. The van der Waals surface area contributed by atoms with Crippen molar-refractivity contribution in [3.05, 3.63) is 69.7 Å². The molecule has 2 aromatic carbocycles. The lowest BCUT2D eigenvalue weighted by Gasteiger charge is -2.43. The third kappa shape index (κ3) is 10.4. The van der Waals surface area contributed by atoms with Gasteiger partial charge < -0.3 is 14.4 Å². The van der Waals surface area contributed by atoms with Crippen molar-refractivity contribution in [2.75, 3.05) is 66.1 Å². The van der Waals surface area contributed by atoms with E-state index in [4.69, 9.17) is 21.1 Å². The number of nitrogens with zero attached hydrogens (tertiary/aromatic N) is 3. The monoisotopic (exact) mass is 679 g/mol.